The van der Waals surface area contributed by atoms with Crippen molar-refractivity contribution in [2.75, 3.05) is 0 Å². The summed E-state index contributed by atoms with van der Waals surface area (Å²) < 4.78 is 0. The maximum absolute atomic E-state index is 10.4. The number of hydrogen-bond acceptors (Lipinski definition) is 2. The van der Waals surface area contributed by atoms with Gasteiger partial charge in [-0.3, -0.25) is 9.78 Å². The summed E-state index contributed by atoms with van der Waals surface area (Å²) in [6, 6.07) is 3.47. The zero-order chi connectivity index (χ0) is 8.97. The van der Waals surface area contributed by atoms with Crippen molar-refractivity contribution in [1.82, 2.24) is 4.98 Å². The SMILES string of the molecule is O=C(Cl)/C=C(\Cl)c1cccnc1. The van der Waals surface area contributed by atoms with Crippen LogP contribution in [0.2, 0.25) is 0 Å². The predicted molar refractivity (Wildman–Crippen MR) is 48.9 cm³/mol. The second-order valence-corrected chi connectivity index (χ2v) is 2.82. The number of rotatable bonds is 2. The Labute approximate surface area is 79.8 Å². The fourth-order valence-corrected chi connectivity index (χ4v) is 1.06. The molecule has 0 spiro atoms. The molecule has 0 aliphatic carbocycles. The van der Waals surface area contributed by atoms with Crippen LogP contribution in [0.25, 0.3) is 5.03 Å². The molecule has 0 radical (unpaired) electrons. The van der Waals surface area contributed by atoms with Crippen LogP contribution >= 0.6 is 23.2 Å². The largest absolute Gasteiger partial charge is 0.276 e. The van der Waals surface area contributed by atoms with Gasteiger partial charge >= 0.3 is 0 Å². The monoisotopic (exact) mass is 201 g/mol. The lowest BCUT2D eigenvalue weighted by Gasteiger charge is -1.94. The van der Waals surface area contributed by atoms with Gasteiger partial charge in [0.2, 0.25) is 5.24 Å². The summed E-state index contributed by atoms with van der Waals surface area (Å²) in [5, 5.41) is -0.299. The number of pyridine rings is 1. The van der Waals surface area contributed by atoms with Gasteiger partial charge in [-0.25, -0.2) is 0 Å². The van der Waals surface area contributed by atoms with Crippen LogP contribution in [0.5, 0.6) is 0 Å². The summed E-state index contributed by atoms with van der Waals surface area (Å²) in [6.07, 6.45) is 4.31. The molecule has 0 amide bonds. The van der Waals surface area contributed by atoms with Crippen LogP contribution < -0.4 is 0 Å². The molecule has 2 nitrogen and oxygen atoms in total. The molecule has 4 heteroatoms. The first-order chi connectivity index (χ1) is 5.70. The van der Waals surface area contributed by atoms with Gasteiger partial charge in [-0.1, -0.05) is 17.7 Å². The van der Waals surface area contributed by atoms with E-state index in [4.69, 9.17) is 23.2 Å². The standard InChI is InChI=1S/C8H5Cl2NO/c9-7(4-8(10)12)6-2-1-3-11-5-6/h1-5H/b7-4-. The minimum atomic E-state index is -0.594. The van der Waals surface area contributed by atoms with Gasteiger partial charge in [0.05, 0.1) is 5.03 Å². The Morgan fingerprint density at radius 3 is 2.75 bits per heavy atom. The summed E-state index contributed by atoms with van der Waals surface area (Å²) in [6.45, 7) is 0. The van der Waals surface area contributed by atoms with Crippen molar-refractivity contribution in [3.8, 4) is 0 Å². The Balaban J connectivity index is 2.93. The second kappa shape index (κ2) is 4.24. The Morgan fingerprint density at radius 1 is 1.50 bits per heavy atom. The van der Waals surface area contributed by atoms with Gasteiger partial charge in [0.25, 0.3) is 0 Å². The van der Waals surface area contributed by atoms with Crippen molar-refractivity contribution in [1.29, 1.82) is 0 Å². The van der Waals surface area contributed by atoms with Crippen molar-refractivity contribution in [3.05, 3.63) is 36.2 Å². The second-order valence-electron chi connectivity index (χ2n) is 2.04. The molecule has 1 rings (SSSR count). The molecule has 0 fully saturated rings. The molecular weight excluding hydrogens is 197 g/mol. The zero-order valence-corrected chi connectivity index (χ0v) is 7.51. The molecule has 1 heterocycles. The first kappa shape index (κ1) is 9.23. The van der Waals surface area contributed by atoms with Crippen LogP contribution in [0, 0.1) is 0 Å². The Bertz CT molecular complexity index is 308. The van der Waals surface area contributed by atoms with Crippen LogP contribution in [-0.4, -0.2) is 10.2 Å². The van der Waals surface area contributed by atoms with Gasteiger partial charge in [-0.15, -0.1) is 0 Å². The van der Waals surface area contributed by atoms with E-state index in [9.17, 15) is 4.79 Å². The lowest BCUT2D eigenvalue weighted by molar-refractivity contribution is -0.107. The van der Waals surface area contributed by atoms with E-state index in [1.165, 1.54) is 0 Å². The highest BCUT2D eigenvalue weighted by molar-refractivity contribution is 6.68. The van der Waals surface area contributed by atoms with E-state index in [0.29, 0.717) is 10.6 Å². The molecule has 0 atom stereocenters. The van der Waals surface area contributed by atoms with E-state index in [1.807, 2.05) is 0 Å². The summed E-state index contributed by atoms with van der Waals surface area (Å²) in [5.74, 6) is 0. The molecule has 0 aliphatic heterocycles. The van der Waals surface area contributed by atoms with Crippen LogP contribution in [0.3, 0.4) is 0 Å². The highest BCUT2D eigenvalue weighted by Gasteiger charge is 1.98. The van der Waals surface area contributed by atoms with Gasteiger partial charge in [-0.2, -0.15) is 0 Å². The van der Waals surface area contributed by atoms with E-state index in [2.05, 4.69) is 4.98 Å². The lowest BCUT2D eigenvalue weighted by Crippen LogP contribution is -1.82. The fourth-order valence-electron chi connectivity index (χ4n) is 0.687. The number of halogens is 2. The van der Waals surface area contributed by atoms with Gasteiger partial charge in [0, 0.05) is 24.0 Å². The van der Waals surface area contributed by atoms with Crippen molar-refractivity contribution >= 4 is 33.5 Å². The van der Waals surface area contributed by atoms with Crippen molar-refractivity contribution in [3.63, 3.8) is 0 Å². The number of nitrogens with zero attached hydrogens (tertiary/aromatic N) is 1. The first-order valence-electron chi connectivity index (χ1n) is 3.17. The molecule has 0 saturated carbocycles. The molecule has 0 bridgehead atoms. The number of carbonyl (C=O) groups is 1. The Morgan fingerprint density at radius 2 is 2.25 bits per heavy atom. The van der Waals surface area contributed by atoms with E-state index >= 15 is 0 Å². The lowest BCUT2D eigenvalue weighted by atomic mass is 10.2. The van der Waals surface area contributed by atoms with Crippen LogP contribution in [0.4, 0.5) is 0 Å². The van der Waals surface area contributed by atoms with Crippen molar-refractivity contribution in [2.45, 2.75) is 0 Å². The van der Waals surface area contributed by atoms with Crippen molar-refractivity contribution < 1.29 is 4.79 Å². The highest BCUT2D eigenvalue weighted by Crippen LogP contribution is 2.17. The number of allylic oxidation sites excluding steroid dienone is 1. The quantitative estimate of drug-likeness (QED) is 0.544. The maximum atomic E-state index is 10.4. The first-order valence-corrected chi connectivity index (χ1v) is 3.93. The number of carbonyl (C=O) groups excluding carboxylic acids is 1. The molecular formula is C8H5Cl2NO. The summed E-state index contributed by atoms with van der Waals surface area (Å²) in [7, 11) is 0. The van der Waals surface area contributed by atoms with E-state index < -0.39 is 5.24 Å². The summed E-state index contributed by atoms with van der Waals surface area (Å²) in [4.78, 5) is 14.2. The highest BCUT2D eigenvalue weighted by atomic mass is 35.5. The van der Waals surface area contributed by atoms with E-state index in [1.54, 1.807) is 24.5 Å². The molecule has 1 aromatic heterocycles. The van der Waals surface area contributed by atoms with Crippen LogP contribution in [-0.2, 0) is 4.79 Å². The Hall–Kier alpha value is -0.860. The van der Waals surface area contributed by atoms with E-state index in [0.717, 1.165) is 6.08 Å². The molecule has 0 saturated heterocycles. The average molecular weight is 202 g/mol. The molecule has 12 heavy (non-hydrogen) atoms. The topological polar surface area (TPSA) is 30.0 Å². The smallest absolute Gasteiger partial charge is 0.246 e. The molecule has 0 N–H and O–H groups in total. The third-order valence-electron chi connectivity index (χ3n) is 1.18. The number of aromatic nitrogens is 1. The van der Waals surface area contributed by atoms with Crippen LogP contribution in [0.15, 0.2) is 30.6 Å². The summed E-state index contributed by atoms with van der Waals surface area (Å²) in [5.41, 5.74) is 0.674. The normalized spacial score (nSPS) is 11.3. The molecule has 1 aromatic rings. The van der Waals surface area contributed by atoms with Gasteiger partial charge in [-0.05, 0) is 17.7 Å². The Kier molecular flexibility index (Phi) is 3.26. The third kappa shape index (κ3) is 2.64. The predicted octanol–water partition coefficient (Wildman–Crippen LogP) is 2.43. The van der Waals surface area contributed by atoms with Gasteiger partial charge < -0.3 is 0 Å². The number of hydrogen-bond donors (Lipinski definition) is 0. The molecule has 0 aliphatic rings. The maximum Gasteiger partial charge on any atom is 0.246 e. The average Bonchev–Trinajstić information content (AvgIpc) is 2.05. The molecule has 62 valence electrons. The van der Waals surface area contributed by atoms with Crippen LogP contribution in [0.1, 0.15) is 5.56 Å². The fraction of sp³-hybridized carbons (Fsp3) is 0. The minimum absolute atomic E-state index is 0.295. The van der Waals surface area contributed by atoms with E-state index in [-0.39, 0.29) is 0 Å². The molecule has 0 aromatic carbocycles. The van der Waals surface area contributed by atoms with Gasteiger partial charge in [0.15, 0.2) is 0 Å². The zero-order valence-electron chi connectivity index (χ0n) is 6.00. The van der Waals surface area contributed by atoms with Gasteiger partial charge in [0.1, 0.15) is 0 Å². The van der Waals surface area contributed by atoms with Crippen molar-refractivity contribution in [2.24, 2.45) is 0 Å². The minimum Gasteiger partial charge on any atom is -0.276 e. The summed E-state index contributed by atoms with van der Waals surface area (Å²) >= 11 is 10.8. The molecule has 0 unspecified atom stereocenters. The third-order valence-corrected chi connectivity index (χ3v) is 1.61.